The average molecular weight is 368 g/mol. The molecule has 0 saturated carbocycles. The van der Waals surface area contributed by atoms with Gasteiger partial charge in [0.1, 0.15) is 5.82 Å². The molecule has 1 aliphatic rings. The maximum absolute atomic E-state index is 4.71. The molecule has 0 amide bonds. The zero-order chi connectivity index (χ0) is 19.5. The van der Waals surface area contributed by atoms with Gasteiger partial charge in [0.2, 0.25) is 0 Å². The fourth-order valence-electron chi connectivity index (χ4n) is 3.59. The minimum absolute atomic E-state index is 0.350. The molecule has 0 atom stereocenters. The van der Waals surface area contributed by atoms with E-state index in [0.29, 0.717) is 5.92 Å². The summed E-state index contributed by atoms with van der Waals surface area (Å²) in [6.07, 6.45) is 8.18. The number of aromatic nitrogens is 3. The van der Waals surface area contributed by atoms with Gasteiger partial charge in [0.25, 0.3) is 0 Å². The zero-order valence-corrected chi connectivity index (χ0v) is 16.2. The lowest BCUT2D eigenvalue weighted by Crippen LogP contribution is -2.46. The predicted molar refractivity (Wildman–Crippen MR) is 116 cm³/mol. The number of hydrogen-bond donors (Lipinski definition) is 0. The number of rotatable bonds is 6. The van der Waals surface area contributed by atoms with Crippen LogP contribution in [0.2, 0.25) is 0 Å². The summed E-state index contributed by atoms with van der Waals surface area (Å²) in [5, 5.41) is 0. The van der Waals surface area contributed by atoms with Crippen LogP contribution < -0.4 is 4.90 Å². The van der Waals surface area contributed by atoms with Gasteiger partial charge in [-0.05, 0) is 35.8 Å². The Morgan fingerprint density at radius 1 is 1.00 bits per heavy atom. The highest BCUT2D eigenvalue weighted by Crippen LogP contribution is 2.34. The van der Waals surface area contributed by atoms with Crippen LogP contribution in [-0.2, 0) is 6.42 Å². The Bertz CT molecular complexity index is 1000. The summed E-state index contributed by atoms with van der Waals surface area (Å²) in [5.41, 5.74) is 6.37. The second-order valence-corrected chi connectivity index (χ2v) is 6.99. The Kier molecular flexibility index (Phi) is 5.02. The molecule has 1 aromatic carbocycles. The van der Waals surface area contributed by atoms with Crippen LogP contribution >= 0.6 is 0 Å². The van der Waals surface area contributed by atoms with Crippen molar-refractivity contribution in [3.05, 3.63) is 84.5 Å². The maximum atomic E-state index is 4.71. The van der Waals surface area contributed by atoms with E-state index >= 15 is 0 Å². The third kappa shape index (κ3) is 3.33. The summed E-state index contributed by atoms with van der Waals surface area (Å²) >= 11 is 0. The number of hydrogen-bond acceptors (Lipinski definition) is 4. The molecular weight excluding hydrogens is 344 g/mol. The van der Waals surface area contributed by atoms with E-state index < -0.39 is 0 Å². The highest BCUT2D eigenvalue weighted by molar-refractivity contribution is 5.65. The molecule has 4 heteroatoms. The van der Waals surface area contributed by atoms with Crippen LogP contribution in [-0.4, -0.2) is 28.0 Å². The van der Waals surface area contributed by atoms with Gasteiger partial charge in [-0.1, -0.05) is 50.4 Å². The number of nitrogens with zero attached hydrogens (tertiary/aromatic N) is 4. The lowest BCUT2D eigenvalue weighted by atomic mass is 9.92. The summed E-state index contributed by atoms with van der Waals surface area (Å²) in [6, 6.07) is 12.7. The second-order valence-electron chi connectivity index (χ2n) is 6.99. The van der Waals surface area contributed by atoms with Crippen molar-refractivity contribution in [3.8, 4) is 11.3 Å². The first-order valence-corrected chi connectivity index (χ1v) is 9.64. The van der Waals surface area contributed by atoms with Crippen LogP contribution in [0.1, 0.15) is 35.4 Å². The van der Waals surface area contributed by atoms with E-state index in [-0.39, 0.29) is 0 Å². The second kappa shape index (κ2) is 7.77. The molecule has 3 aromatic rings. The van der Waals surface area contributed by atoms with Crippen molar-refractivity contribution in [2.45, 2.75) is 19.3 Å². The monoisotopic (exact) mass is 368 g/mol. The third-order valence-electron chi connectivity index (χ3n) is 5.31. The van der Waals surface area contributed by atoms with E-state index in [0.717, 1.165) is 53.5 Å². The van der Waals surface area contributed by atoms with Gasteiger partial charge < -0.3 is 4.90 Å². The maximum Gasteiger partial charge on any atom is 0.129 e. The van der Waals surface area contributed by atoms with Gasteiger partial charge in [-0.2, -0.15) is 0 Å². The van der Waals surface area contributed by atoms with Crippen molar-refractivity contribution in [1.29, 1.82) is 0 Å². The molecule has 0 spiro atoms. The number of pyridine rings is 1. The fraction of sp³-hybridized carbons (Fsp3) is 0.208. The largest absolute Gasteiger partial charge is 0.355 e. The lowest BCUT2D eigenvalue weighted by molar-refractivity contribution is 0.508. The van der Waals surface area contributed by atoms with E-state index in [9.17, 15) is 0 Å². The zero-order valence-electron chi connectivity index (χ0n) is 16.2. The molecule has 1 aliphatic heterocycles. The van der Waals surface area contributed by atoms with Crippen LogP contribution in [0, 0.1) is 0 Å². The third-order valence-corrected chi connectivity index (χ3v) is 5.31. The minimum atomic E-state index is 0.350. The van der Waals surface area contributed by atoms with Crippen molar-refractivity contribution in [1.82, 2.24) is 15.0 Å². The first-order chi connectivity index (χ1) is 13.7. The normalized spacial score (nSPS) is 13.8. The number of anilines is 1. The van der Waals surface area contributed by atoms with Crippen LogP contribution in [0.3, 0.4) is 0 Å². The molecule has 0 N–H and O–H groups in total. The van der Waals surface area contributed by atoms with E-state index in [1.165, 1.54) is 5.56 Å². The Balaban J connectivity index is 1.55. The van der Waals surface area contributed by atoms with E-state index in [1.54, 1.807) is 18.5 Å². The van der Waals surface area contributed by atoms with Crippen LogP contribution in [0.25, 0.3) is 23.4 Å². The Morgan fingerprint density at radius 2 is 1.75 bits per heavy atom. The summed E-state index contributed by atoms with van der Waals surface area (Å²) in [4.78, 5) is 16.3. The Morgan fingerprint density at radius 3 is 2.43 bits per heavy atom. The quantitative estimate of drug-likeness (QED) is 0.615. The highest BCUT2D eigenvalue weighted by atomic mass is 15.2. The van der Waals surface area contributed by atoms with Gasteiger partial charge in [0, 0.05) is 37.0 Å². The van der Waals surface area contributed by atoms with Crippen LogP contribution in [0.4, 0.5) is 5.82 Å². The first-order valence-electron chi connectivity index (χ1n) is 9.64. The summed E-state index contributed by atoms with van der Waals surface area (Å²) in [5.74, 6) is 1.32. The number of benzene rings is 1. The van der Waals surface area contributed by atoms with Gasteiger partial charge in [-0.25, -0.2) is 4.98 Å². The standard InChI is InChI=1S/C24H24N4/c1-4-17-7-9-19(10-8-17)23-24(26-14-13-25-23)20-15-28(16-20)22-12-11-18(5-2)21(6-3)27-22/h5-14,20H,2-4,15-16H2,1H3. The molecule has 4 rings (SSSR count). The molecular formula is C24H24N4. The highest BCUT2D eigenvalue weighted by Gasteiger charge is 2.32. The lowest BCUT2D eigenvalue weighted by Gasteiger charge is -2.40. The molecule has 28 heavy (non-hydrogen) atoms. The molecule has 0 unspecified atom stereocenters. The van der Waals surface area contributed by atoms with Gasteiger partial charge in [-0.15, -0.1) is 0 Å². The molecule has 140 valence electrons. The van der Waals surface area contributed by atoms with E-state index in [2.05, 4.69) is 59.2 Å². The fourth-order valence-corrected chi connectivity index (χ4v) is 3.59. The van der Waals surface area contributed by atoms with E-state index in [4.69, 9.17) is 4.98 Å². The SMILES string of the molecule is C=Cc1ccc(N2CC(c3nccnc3-c3ccc(CC)cc3)C2)nc1C=C. The Labute approximate surface area is 166 Å². The predicted octanol–water partition coefficient (Wildman–Crippen LogP) is 4.99. The molecule has 0 radical (unpaired) electrons. The number of aryl methyl sites for hydroxylation is 1. The summed E-state index contributed by atoms with van der Waals surface area (Å²) in [7, 11) is 0. The van der Waals surface area contributed by atoms with Gasteiger partial charge in [0.15, 0.2) is 0 Å². The molecule has 1 fully saturated rings. The van der Waals surface area contributed by atoms with E-state index in [1.807, 2.05) is 18.2 Å². The topological polar surface area (TPSA) is 41.9 Å². The van der Waals surface area contributed by atoms with Crippen molar-refractivity contribution >= 4 is 18.0 Å². The van der Waals surface area contributed by atoms with Gasteiger partial charge >= 0.3 is 0 Å². The van der Waals surface area contributed by atoms with Crippen LogP contribution in [0.15, 0.2) is 61.9 Å². The Hall–Kier alpha value is -3.27. The summed E-state index contributed by atoms with van der Waals surface area (Å²) in [6.45, 7) is 11.6. The molecule has 0 bridgehead atoms. The van der Waals surface area contributed by atoms with Gasteiger partial charge in [-0.3, -0.25) is 9.97 Å². The molecule has 3 heterocycles. The molecule has 2 aromatic heterocycles. The molecule has 0 aliphatic carbocycles. The summed E-state index contributed by atoms with van der Waals surface area (Å²) < 4.78 is 0. The minimum Gasteiger partial charge on any atom is -0.355 e. The molecule has 1 saturated heterocycles. The van der Waals surface area contributed by atoms with Crippen molar-refractivity contribution in [2.75, 3.05) is 18.0 Å². The average Bonchev–Trinajstić information content (AvgIpc) is 2.73. The molecule has 4 nitrogen and oxygen atoms in total. The van der Waals surface area contributed by atoms with Crippen LogP contribution in [0.5, 0.6) is 0 Å². The van der Waals surface area contributed by atoms with Crippen molar-refractivity contribution < 1.29 is 0 Å². The van der Waals surface area contributed by atoms with Crippen molar-refractivity contribution in [2.24, 2.45) is 0 Å². The van der Waals surface area contributed by atoms with Crippen molar-refractivity contribution in [3.63, 3.8) is 0 Å². The smallest absolute Gasteiger partial charge is 0.129 e. The first kappa shape index (κ1) is 18.1. The van der Waals surface area contributed by atoms with Gasteiger partial charge in [0.05, 0.1) is 17.1 Å².